The molecule has 1 aromatic carbocycles. The molecule has 0 atom stereocenters. The van der Waals surface area contributed by atoms with Gasteiger partial charge in [-0.15, -0.1) is 0 Å². The van der Waals surface area contributed by atoms with Gasteiger partial charge >= 0.3 is 0 Å². The van der Waals surface area contributed by atoms with Crippen LogP contribution in [0.5, 0.6) is 0 Å². The van der Waals surface area contributed by atoms with E-state index < -0.39 is 0 Å². The Balaban J connectivity index is 0.000000396. The van der Waals surface area contributed by atoms with E-state index in [1.54, 1.807) is 0 Å². The average Bonchev–Trinajstić information content (AvgIpc) is 2.48. The predicted molar refractivity (Wildman–Crippen MR) is 59.9 cm³/mol. The number of benzene rings is 1. The Morgan fingerprint density at radius 2 is 2.00 bits per heavy atom. The van der Waals surface area contributed by atoms with Crippen LogP contribution in [0.15, 0.2) is 22.9 Å². The molecule has 2 nitrogen and oxygen atoms in total. The fraction of sp³-hybridized carbons (Fsp3) is 0.300. The number of hydrogen-bond acceptors (Lipinski definition) is 1. The van der Waals surface area contributed by atoms with Crippen LogP contribution in [0.25, 0.3) is 11.0 Å². The number of aryl methyl sites for hydroxylation is 1. The van der Waals surface area contributed by atoms with E-state index in [-0.39, 0.29) is 0 Å². The highest BCUT2D eigenvalue weighted by molar-refractivity contribution is 9.10. The molecule has 0 unspecified atom stereocenters. The molecule has 13 heavy (non-hydrogen) atoms. The lowest BCUT2D eigenvalue weighted by Crippen LogP contribution is -1.71. The summed E-state index contributed by atoms with van der Waals surface area (Å²) in [6.07, 6.45) is 0. The molecule has 0 fully saturated rings. The van der Waals surface area contributed by atoms with Crippen LogP contribution in [0, 0.1) is 6.92 Å². The Labute approximate surface area is 86.5 Å². The van der Waals surface area contributed by atoms with Crippen molar-refractivity contribution in [2.75, 3.05) is 0 Å². The van der Waals surface area contributed by atoms with Crippen molar-refractivity contribution in [3.8, 4) is 0 Å². The van der Waals surface area contributed by atoms with Gasteiger partial charge in [-0.25, -0.2) is 4.98 Å². The van der Waals surface area contributed by atoms with Gasteiger partial charge in [0.25, 0.3) is 0 Å². The van der Waals surface area contributed by atoms with Gasteiger partial charge < -0.3 is 4.98 Å². The zero-order chi connectivity index (χ0) is 9.84. The van der Waals surface area contributed by atoms with Gasteiger partial charge in [0, 0.05) is 0 Å². The first-order chi connectivity index (χ1) is 6.25. The minimum atomic E-state index is 0.790. The largest absolute Gasteiger partial charge is 0.332 e. The number of aromatic amines is 1. The number of hydrogen-bond donors (Lipinski definition) is 1. The standard InChI is InChI=1S/C8H7BrN2.C2H6/c1-5-2-3-6-7(4-5)11-8(9)10-6;1-2/h2-4H,1H3,(H,10,11);1-2H3. The smallest absolute Gasteiger partial charge is 0.175 e. The lowest BCUT2D eigenvalue weighted by molar-refractivity contribution is 1.27. The zero-order valence-corrected chi connectivity index (χ0v) is 9.64. The predicted octanol–water partition coefficient (Wildman–Crippen LogP) is 3.66. The highest BCUT2D eigenvalue weighted by atomic mass is 79.9. The summed E-state index contributed by atoms with van der Waals surface area (Å²) in [6.45, 7) is 6.06. The summed E-state index contributed by atoms with van der Waals surface area (Å²) in [5, 5.41) is 0. The summed E-state index contributed by atoms with van der Waals surface area (Å²) >= 11 is 3.28. The Morgan fingerprint density at radius 3 is 2.69 bits per heavy atom. The van der Waals surface area contributed by atoms with E-state index in [1.165, 1.54) is 5.56 Å². The van der Waals surface area contributed by atoms with Crippen molar-refractivity contribution in [1.82, 2.24) is 9.97 Å². The minimum Gasteiger partial charge on any atom is -0.332 e. The van der Waals surface area contributed by atoms with Gasteiger partial charge in [-0.1, -0.05) is 19.9 Å². The number of rotatable bonds is 0. The molecule has 0 saturated heterocycles. The fourth-order valence-electron chi connectivity index (χ4n) is 1.09. The summed E-state index contributed by atoms with van der Waals surface area (Å²) in [6, 6.07) is 6.13. The van der Waals surface area contributed by atoms with Crippen LogP contribution in [-0.4, -0.2) is 9.97 Å². The summed E-state index contributed by atoms with van der Waals surface area (Å²) in [4.78, 5) is 7.32. The molecule has 70 valence electrons. The van der Waals surface area contributed by atoms with Crippen molar-refractivity contribution in [1.29, 1.82) is 0 Å². The molecule has 0 aliphatic heterocycles. The van der Waals surface area contributed by atoms with Gasteiger partial charge in [0.05, 0.1) is 11.0 Å². The van der Waals surface area contributed by atoms with E-state index in [0.29, 0.717) is 0 Å². The van der Waals surface area contributed by atoms with Crippen molar-refractivity contribution in [2.24, 2.45) is 0 Å². The molecule has 0 amide bonds. The molecule has 0 saturated carbocycles. The van der Waals surface area contributed by atoms with Crippen LogP contribution in [0.3, 0.4) is 0 Å². The minimum absolute atomic E-state index is 0.790. The van der Waals surface area contributed by atoms with Crippen molar-refractivity contribution >= 4 is 27.0 Å². The van der Waals surface area contributed by atoms with Gasteiger partial charge in [0.2, 0.25) is 0 Å². The lowest BCUT2D eigenvalue weighted by atomic mass is 10.2. The quantitative estimate of drug-likeness (QED) is 0.749. The highest BCUT2D eigenvalue weighted by Gasteiger charge is 1.97. The summed E-state index contributed by atoms with van der Waals surface area (Å²) < 4.78 is 0.790. The van der Waals surface area contributed by atoms with E-state index in [1.807, 2.05) is 19.9 Å². The molecule has 1 heterocycles. The number of nitrogens with one attached hydrogen (secondary N) is 1. The molecule has 1 aromatic heterocycles. The van der Waals surface area contributed by atoms with Crippen molar-refractivity contribution in [2.45, 2.75) is 20.8 Å². The Hall–Kier alpha value is -0.830. The van der Waals surface area contributed by atoms with E-state index in [2.05, 4.69) is 45.0 Å². The molecule has 0 bridgehead atoms. The van der Waals surface area contributed by atoms with Gasteiger partial charge in [0.1, 0.15) is 0 Å². The number of H-pyrrole nitrogens is 1. The van der Waals surface area contributed by atoms with Crippen LogP contribution in [0.4, 0.5) is 0 Å². The number of nitrogens with zero attached hydrogens (tertiary/aromatic N) is 1. The molecule has 0 aliphatic rings. The maximum Gasteiger partial charge on any atom is 0.175 e. The second-order valence-electron chi connectivity index (χ2n) is 2.55. The van der Waals surface area contributed by atoms with Crippen molar-refractivity contribution in [3.63, 3.8) is 0 Å². The normalized spacial score (nSPS) is 9.54. The van der Waals surface area contributed by atoms with E-state index in [0.717, 1.165) is 15.8 Å². The SMILES string of the molecule is CC.Cc1ccc2nc(Br)[nH]c2c1. The number of imidazole rings is 1. The maximum absolute atomic E-state index is 4.22. The Morgan fingerprint density at radius 1 is 1.31 bits per heavy atom. The first kappa shape index (κ1) is 10.3. The van der Waals surface area contributed by atoms with Gasteiger partial charge in [-0.05, 0) is 40.5 Å². The highest BCUT2D eigenvalue weighted by Crippen LogP contribution is 2.15. The molecule has 2 rings (SSSR count). The monoisotopic (exact) mass is 240 g/mol. The third-order valence-electron chi connectivity index (χ3n) is 1.61. The maximum atomic E-state index is 4.22. The van der Waals surface area contributed by atoms with Crippen molar-refractivity contribution in [3.05, 3.63) is 28.5 Å². The topological polar surface area (TPSA) is 28.7 Å². The molecule has 0 aliphatic carbocycles. The lowest BCUT2D eigenvalue weighted by Gasteiger charge is -1.89. The Bertz CT molecular complexity index is 393. The summed E-state index contributed by atoms with van der Waals surface area (Å²) in [7, 11) is 0. The molecule has 1 N–H and O–H groups in total. The second kappa shape index (κ2) is 4.42. The molecule has 2 aromatic rings. The van der Waals surface area contributed by atoms with Gasteiger partial charge in [-0.3, -0.25) is 0 Å². The molecular formula is C10H13BrN2. The number of fused-ring (bicyclic) bond motifs is 1. The first-order valence-electron chi connectivity index (χ1n) is 4.37. The molecule has 0 spiro atoms. The van der Waals surface area contributed by atoms with Crippen LogP contribution < -0.4 is 0 Å². The Kier molecular flexibility index (Phi) is 3.48. The first-order valence-corrected chi connectivity index (χ1v) is 5.17. The number of halogens is 1. The molecular weight excluding hydrogens is 228 g/mol. The van der Waals surface area contributed by atoms with E-state index >= 15 is 0 Å². The third-order valence-corrected chi connectivity index (χ3v) is 1.98. The van der Waals surface area contributed by atoms with Crippen LogP contribution in [0.2, 0.25) is 0 Å². The molecule has 3 heteroatoms. The van der Waals surface area contributed by atoms with Crippen LogP contribution in [0.1, 0.15) is 19.4 Å². The fourth-order valence-corrected chi connectivity index (χ4v) is 1.50. The van der Waals surface area contributed by atoms with Crippen molar-refractivity contribution < 1.29 is 0 Å². The van der Waals surface area contributed by atoms with E-state index in [9.17, 15) is 0 Å². The summed E-state index contributed by atoms with van der Waals surface area (Å²) in [5.74, 6) is 0. The van der Waals surface area contributed by atoms with Crippen LogP contribution in [-0.2, 0) is 0 Å². The summed E-state index contributed by atoms with van der Waals surface area (Å²) in [5.41, 5.74) is 3.33. The average molecular weight is 241 g/mol. The van der Waals surface area contributed by atoms with Crippen LogP contribution >= 0.6 is 15.9 Å². The van der Waals surface area contributed by atoms with Gasteiger partial charge in [-0.2, -0.15) is 0 Å². The molecule has 0 radical (unpaired) electrons. The number of aromatic nitrogens is 2. The van der Waals surface area contributed by atoms with Gasteiger partial charge in [0.15, 0.2) is 4.73 Å². The van der Waals surface area contributed by atoms with E-state index in [4.69, 9.17) is 0 Å². The zero-order valence-electron chi connectivity index (χ0n) is 8.06. The third kappa shape index (κ3) is 2.31. The second-order valence-corrected chi connectivity index (χ2v) is 3.30.